The first-order valence-corrected chi connectivity index (χ1v) is 5.68. The Bertz CT molecular complexity index is 212. The molecule has 1 rings (SSSR count). The first kappa shape index (κ1) is 11.5. The highest BCUT2D eigenvalue weighted by Crippen LogP contribution is 2.31. The topological polar surface area (TPSA) is 20.3 Å². The van der Waals surface area contributed by atoms with Crippen LogP contribution in [0.5, 0.6) is 0 Å². The Kier molecular flexibility index (Phi) is 3.57. The van der Waals surface area contributed by atoms with Crippen LogP contribution in [0.4, 0.5) is 0 Å². The van der Waals surface area contributed by atoms with Gasteiger partial charge in [-0.25, -0.2) is 0 Å². The first-order valence-electron chi connectivity index (χ1n) is 5.68. The lowest BCUT2D eigenvalue weighted by molar-refractivity contribution is -0.136. The van der Waals surface area contributed by atoms with E-state index in [1.165, 1.54) is 6.42 Å². The molecule has 3 unspecified atom stereocenters. The van der Waals surface area contributed by atoms with Crippen LogP contribution in [-0.4, -0.2) is 24.4 Å². The minimum atomic E-state index is 0.227. The molecule has 0 bridgehead atoms. The molecule has 0 aliphatic carbocycles. The van der Waals surface area contributed by atoms with Gasteiger partial charge in [0.15, 0.2) is 0 Å². The molecule has 1 heterocycles. The summed E-state index contributed by atoms with van der Waals surface area (Å²) in [5.41, 5.74) is 0. The third-order valence-electron chi connectivity index (χ3n) is 3.35. The van der Waals surface area contributed by atoms with E-state index in [9.17, 15) is 4.79 Å². The molecule has 2 nitrogen and oxygen atoms in total. The largest absolute Gasteiger partial charge is 0.345 e. The molecule has 0 spiro atoms. The minimum Gasteiger partial charge on any atom is -0.345 e. The van der Waals surface area contributed by atoms with Crippen molar-refractivity contribution in [3.63, 3.8) is 0 Å². The summed E-state index contributed by atoms with van der Waals surface area (Å²) in [4.78, 5) is 14.0. The van der Waals surface area contributed by atoms with E-state index in [4.69, 9.17) is 0 Å². The van der Waals surface area contributed by atoms with E-state index < -0.39 is 0 Å². The summed E-state index contributed by atoms with van der Waals surface area (Å²) in [6, 6.07) is 0. The number of rotatable bonds is 1. The molecule has 14 heavy (non-hydrogen) atoms. The summed E-state index contributed by atoms with van der Waals surface area (Å²) < 4.78 is 0. The van der Waals surface area contributed by atoms with Crippen molar-refractivity contribution in [1.82, 2.24) is 4.90 Å². The van der Waals surface area contributed by atoms with Crippen molar-refractivity contribution in [2.24, 2.45) is 23.7 Å². The van der Waals surface area contributed by atoms with E-state index in [0.717, 1.165) is 6.54 Å². The maximum atomic E-state index is 12.1. The van der Waals surface area contributed by atoms with Gasteiger partial charge >= 0.3 is 0 Å². The highest BCUT2D eigenvalue weighted by Gasteiger charge is 2.34. The number of carbonyl (C=O) groups is 1. The smallest absolute Gasteiger partial charge is 0.225 e. The summed E-state index contributed by atoms with van der Waals surface area (Å²) in [5, 5.41) is 0. The molecule has 0 aromatic carbocycles. The number of hydrogen-bond acceptors (Lipinski definition) is 1. The van der Waals surface area contributed by atoms with Crippen molar-refractivity contribution in [2.45, 2.75) is 34.1 Å². The Morgan fingerprint density at radius 2 is 1.93 bits per heavy atom. The minimum absolute atomic E-state index is 0.227. The Hall–Kier alpha value is -0.530. The Balaban J connectivity index is 2.85. The predicted molar refractivity (Wildman–Crippen MR) is 58.9 cm³/mol. The van der Waals surface area contributed by atoms with Crippen LogP contribution in [0.3, 0.4) is 0 Å². The molecule has 0 radical (unpaired) electrons. The van der Waals surface area contributed by atoms with E-state index in [0.29, 0.717) is 23.7 Å². The van der Waals surface area contributed by atoms with Gasteiger partial charge in [-0.05, 0) is 24.2 Å². The number of carbonyl (C=O) groups excluding carboxylic acids is 1. The van der Waals surface area contributed by atoms with E-state index in [2.05, 4.69) is 27.7 Å². The molecule has 82 valence electrons. The van der Waals surface area contributed by atoms with Crippen LogP contribution < -0.4 is 0 Å². The fourth-order valence-corrected chi connectivity index (χ4v) is 2.85. The summed E-state index contributed by atoms with van der Waals surface area (Å²) >= 11 is 0. The lowest BCUT2D eigenvalue weighted by Gasteiger charge is -2.26. The summed E-state index contributed by atoms with van der Waals surface area (Å²) in [6.45, 7) is 9.69. The molecule has 0 aromatic rings. The van der Waals surface area contributed by atoms with Gasteiger partial charge in [0.25, 0.3) is 0 Å². The fourth-order valence-electron chi connectivity index (χ4n) is 2.85. The van der Waals surface area contributed by atoms with E-state index in [1.54, 1.807) is 0 Å². The molecule has 1 fully saturated rings. The zero-order valence-electron chi connectivity index (χ0n) is 10.1. The number of nitrogens with zero attached hydrogens (tertiary/aromatic N) is 1. The van der Waals surface area contributed by atoms with Crippen LogP contribution in [0.2, 0.25) is 0 Å². The van der Waals surface area contributed by atoms with Gasteiger partial charge < -0.3 is 4.90 Å². The van der Waals surface area contributed by atoms with Crippen molar-refractivity contribution < 1.29 is 4.79 Å². The van der Waals surface area contributed by atoms with Gasteiger partial charge in [0.1, 0.15) is 0 Å². The van der Waals surface area contributed by atoms with Crippen LogP contribution in [0, 0.1) is 23.7 Å². The molecule has 1 saturated heterocycles. The first-order chi connectivity index (χ1) is 6.43. The highest BCUT2D eigenvalue weighted by atomic mass is 16.2. The molecule has 0 saturated carbocycles. The molecule has 0 N–H and O–H groups in total. The SMILES string of the molecule is CC1CC(C)C(C(C)C)C(=O)N(C)C1. The van der Waals surface area contributed by atoms with Gasteiger partial charge in [-0.15, -0.1) is 0 Å². The third kappa shape index (κ3) is 2.28. The zero-order valence-corrected chi connectivity index (χ0v) is 10.1. The Labute approximate surface area is 87.7 Å². The Morgan fingerprint density at radius 1 is 1.36 bits per heavy atom. The van der Waals surface area contributed by atoms with Gasteiger partial charge in [0.2, 0.25) is 5.91 Å². The molecule has 1 amide bonds. The third-order valence-corrected chi connectivity index (χ3v) is 3.35. The van der Waals surface area contributed by atoms with Crippen LogP contribution in [0.15, 0.2) is 0 Å². The van der Waals surface area contributed by atoms with Crippen molar-refractivity contribution in [1.29, 1.82) is 0 Å². The second-order valence-corrected chi connectivity index (χ2v) is 5.31. The maximum absolute atomic E-state index is 12.1. The Morgan fingerprint density at radius 3 is 2.43 bits per heavy atom. The van der Waals surface area contributed by atoms with Crippen LogP contribution in [-0.2, 0) is 4.79 Å². The molecule has 2 heteroatoms. The zero-order chi connectivity index (χ0) is 10.9. The second kappa shape index (κ2) is 4.33. The van der Waals surface area contributed by atoms with Crippen LogP contribution in [0.1, 0.15) is 34.1 Å². The summed E-state index contributed by atoms with van der Waals surface area (Å²) in [7, 11) is 1.94. The highest BCUT2D eigenvalue weighted by molar-refractivity contribution is 5.79. The van der Waals surface area contributed by atoms with Gasteiger partial charge in [-0.3, -0.25) is 4.79 Å². The fraction of sp³-hybridized carbons (Fsp3) is 0.917. The number of likely N-dealkylation sites (tertiary alicyclic amines) is 1. The average molecular weight is 197 g/mol. The van der Waals surface area contributed by atoms with Gasteiger partial charge in [0.05, 0.1) is 0 Å². The standard InChI is InChI=1S/C12H23NO/c1-8(2)11-10(4)6-9(3)7-13(5)12(11)14/h8-11H,6-7H2,1-5H3. The number of amides is 1. The molecule has 3 atom stereocenters. The molecular weight excluding hydrogens is 174 g/mol. The van der Waals surface area contributed by atoms with Crippen molar-refractivity contribution in [3.05, 3.63) is 0 Å². The summed E-state index contributed by atoms with van der Waals surface area (Å²) in [5.74, 6) is 2.21. The second-order valence-electron chi connectivity index (χ2n) is 5.31. The number of hydrogen-bond donors (Lipinski definition) is 0. The quantitative estimate of drug-likeness (QED) is 0.632. The normalized spacial score (nSPS) is 34.9. The molecule has 1 aliphatic heterocycles. The van der Waals surface area contributed by atoms with Gasteiger partial charge in [-0.2, -0.15) is 0 Å². The van der Waals surface area contributed by atoms with Crippen LogP contribution >= 0.6 is 0 Å². The monoisotopic (exact) mass is 197 g/mol. The molecule has 1 aliphatic rings. The van der Waals surface area contributed by atoms with E-state index in [-0.39, 0.29) is 5.92 Å². The van der Waals surface area contributed by atoms with E-state index in [1.807, 2.05) is 11.9 Å². The lowest BCUT2D eigenvalue weighted by Crippen LogP contribution is -2.36. The summed E-state index contributed by atoms with van der Waals surface area (Å²) in [6.07, 6.45) is 1.18. The molecule has 0 aromatic heterocycles. The van der Waals surface area contributed by atoms with Gasteiger partial charge in [-0.1, -0.05) is 27.7 Å². The van der Waals surface area contributed by atoms with Crippen LogP contribution in [0.25, 0.3) is 0 Å². The van der Waals surface area contributed by atoms with Crippen molar-refractivity contribution >= 4 is 5.91 Å². The lowest BCUT2D eigenvalue weighted by atomic mass is 9.81. The molecular formula is C12H23NO. The predicted octanol–water partition coefficient (Wildman–Crippen LogP) is 2.39. The van der Waals surface area contributed by atoms with Gasteiger partial charge in [0, 0.05) is 19.5 Å². The van der Waals surface area contributed by atoms with Crippen molar-refractivity contribution in [2.75, 3.05) is 13.6 Å². The van der Waals surface area contributed by atoms with Crippen molar-refractivity contribution in [3.8, 4) is 0 Å². The van der Waals surface area contributed by atoms with E-state index >= 15 is 0 Å². The maximum Gasteiger partial charge on any atom is 0.225 e. The average Bonchev–Trinajstić information content (AvgIpc) is 2.09.